The van der Waals surface area contributed by atoms with E-state index in [-0.39, 0.29) is 0 Å². The third-order valence-corrected chi connectivity index (χ3v) is 3.45. The Morgan fingerprint density at radius 1 is 1.43 bits per heavy atom. The lowest BCUT2D eigenvalue weighted by Gasteiger charge is -2.46. The normalized spacial score (nSPS) is 38.2. The summed E-state index contributed by atoms with van der Waals surface area (Å²) in [4.78, 5) is 13.0. The van der Waals surface area contributed by atoms with Crippen LogP contribution in [0.2, 0.25) is 0 Å². The molecule has 2 aliphatic heterocycles. The minimum Gasteiger partial charge on any atom is -0.481 e. The Labute approximate surface area is 83.8 Å². The number of carbonyl (C=O) groups is 1. The number of morpholine rings is 1. The van der Waals surface area contributed by atoms with Gasteiger partial charge in [0.1, 0.15) is 0 Å². The van der Waals surface area contributed by atoms with Crippen molar-refractivity contribution in [3.63, 3.8) is 0 Å². The molecule has 0 aromatic carbocycles. The molecule has 0 radical (unpaired) electrons. The number of piperidine rings is 1. The van der Waals surface area contributed by atoms with E-state index in [9.17, 15) is 4.79 Å². The molecule has 2 saturated heterocycles. The van der Waals surface area contributed by atoms with Crippen LogP contribution in [0.15, 0.2) is 0 Å². The maximum atomic E-state index is 10.6. The SMILES string of the molecule is CN1C2COCC1CC(CC(=O)O)C2. The van der Waals surface area contributed by atoms with E-state index in [1.807, 2.05) is 0 Å². The van der Waals surface area contributed by atoms with Crippen molar-refractivity contribution in [1.29, 1.82) is 0 Å². The number of aliphatic carboxylic acids is 1. The number of nitrogens with zero attached hydrogens (tertiary/aromatic N) is 1. The zero-order valence-corrected chi connectivity index (χ0v) is 8.48. The minimum atomic E-state index is -0.668. The average Bonchev–Trinajstić information content (AvgIpc) is 2.05. The first-order valence-electron chi connectivity index (χ1n) is 5.18. The molecule has 80 valence electrons. The fourth-order valence-electron chi connectivity index (χ4n) is 2.62. The van der Waals surface area contributed by atoms with E-state index in [1.165, 1.54) is 0 Å². The molecule has 0 saturated carbocycles. The van der Waals surface area contributed by atoms with E-state index in [1.54, 1.807) is 0 Å². The fraction of sp³-hybridized carbons (Fsp3) is 0.900. The van der Waals surface area contributed by atoms with Crippen LogP contribution in [-0.2, 0) is 9.53 Å². The van der Waals surface area contributed by atoms with Crippen LogP contribution in [0.5, 0.6) is 0 Å². The van der Waals surface area contributed by atoms with Crippen LogP contribution < -0.4 is 0 Å². The molecule has 2 rings (SSSR count). The second-order valence-corrected chi connectivity index (χ2v) is 4.45. The van der Waals surface area contributed by atoms with Crippen LogP contribution in [-0.4, -0.2) is 48.3 Å². The summed E-state index contributed by atoms with van der Waals surface area (Å²) >= 11 is 0. The van der Waals surface area contributed by atoms with Crippen LogP contribution in [0, 0.1) is 5.92 Å². The van der Waals surface area contributed by atoms with Crippen LogP contribution in [0.3, 0.4) is 0 Å². The van der Waals surface area contributed by atoms with Gasteiger partial charge in [-0.3, -0.25) is 9.69 Å². The van der Waals surface area contributed by atoms with E-state index in [0.717, 1.165) is 26.1 Å². The number of likely N-dealkylation sites (N-methyl/N-ethyl adjacent to an activating group) is 1. The number of hydrogen-bond donors (Lipinski definition) is 1. The van der Waals surface area contributed by atoms with E-state index < -0.39 is 5.97 Å². The van der Waals surface area contributed by atoms with Crippen molar-refractivity contribution in [3.8, 4) is 0 Å². The first-order valence-corrected chi connectivity index (χ1v) is 5.18. The Bertz CT molecular complexity index is 217. The molecule has 2 unspecified atom stereocenters. The molecule has 1 N–H and O–H groups in total. The van der Waals surface area contributed by atoms with Gasteiger partial charge < -0.3 is 9.84 Å². The van der Waals surface area contributed by atoms with Crippen molar-refractivity contribution in [2.24, 2.45) is 5.92 Å². The summed E-state index contributed by atoms with van der Waals surface area (Å²) in [7, 11) is 2.12. The van der Waals surface area contributed by atoms with Crippen molar-refractivity contribution < 1.29 is 14.6 Å². The Kier molecular flexibility index (Phi) is 2.74. The fourth-order valence-corrected chi connectivity index (χ4v) is 2.62. The van der Waals surface area contributed by atoms with Gasteiger partial charge in [0.05, 0.1) is 13.2 Å². The average molecular weight is 199 g/mol. The lowest BCUT2D eigenvalue weighted by Crippen LogP contribution is -2.55. The van der Waals surface area contributed by atoms with Crippen LogP contribution in [0.1, 0.15) is 19.3 Å². The third-order valence-electron chi connectivity index (χ3n) is 3.45. The molecule has 0 aromatic heterocycles. The lowest BCUT2D eigenvalue weighted by atomic mass is 9.83. The standard InChI is InChI=1S/C10H17NO3/c1-11-8-2-7(4-10(12)13)3-9(11)6-14-5-8/h7-9H,2-6H2,1H3,(H,12,13). The molecule has 0 aliphatic carbocycles. The monoisotopic (exact) mass is 199 g/mol. The van der Waals surface area contributed by atoms with Crippen molar-refractivity contribution in [1.82, 2.24) is 4.90 Å². The molecular formula is C10H17NO3. The molecule has 2 bridgehead atoms. The first-order chi connectivity index (χ1) is 6.66. The van der Waals surface area contributed by atoms with Gasteiger partial charge in [-0.25, -0.2) is 0 Å². The van der Waals surface area contributed by atoms with Gasteiger partial charge in [0.15, 0.2) is 0 Å². The molecule has 4 heteroatoms. The van der Waals surface area contributed by atoms with Gasteiger partial charge in [-0.15, -0.1) is 0 Å². The van der Waals surface area contributed by atoms with Gasteiger partial charge in [0.25, 0.3) is 0 Å². The maximum absolute atomic E-state index is 10.6. The number of rotatable bonds is 2. The maximum Gasteiger partial charge on any atom is 0.303 e. The smallest absolute Gasteiger partial charge is 0.303 e. The van der Waals surface area contributed by atoms with Crippen molar-refractivity contribution in [2.45, 2.75) is 31.3 Å². The Hall–Kier alpha value is -0.610. The zero-order valence-electron chi connectivity index (χ0n) is 8.48. The van der Waals surface area contributed by atoms with E-state index in [4.69, 9.17) is 9.84 Å². The molecule has 2 fully saturated rings. The topological polar surface area (TPSA) is 49.8 Å². The van der Waals surface area contributed by atoms with Gasteiger partial charge in [-0.05, 0) is 25.8 Å². The molecule has 14 heavy (non-hydrogen) atoms. The zero-order chi connectivity index (χ0) is 10.1. The highest BCUT2D eigenvalue weighted by Crippen LogP contribution is 2.31. The minimum absolute atomic E-state index is 0.320. The predicted octanol–water partition coefficient (Wildman–Crippen LogP) is 0.570. The summed E-state index contributed by atoms with van der Waals surface area (Å²) < 4.78 is 5.47. The quantitative estimate of drug-likeness (QED) is 0.706. The molecule has 0 spiro atoms. The van der Waals surface area contributed by atoms with Gasteiger partial charge in [0.2, 0.25) is 0 Å². The summed E-state index contributed by atoms with van der Waals surface area (Å²) in [6.45, 7) is 1.53. The summed E-state index contributed by atoms with van der Waals surface area (Å²) in [5.74, 6) is -0.318. The van der Waals surface area contributed by atoms with Gasteiger partial charge in [-0.1, -0.05) is 0 Å². The van der Waals surface area contributed by atoms with E-state index in [0.29, 0.717) is 24.4 Å². The third kappa shape index (κ3) is 1.91. The highest BCUT2D eigenvalue weighted by Gasteiger charge is 2.37. The molecule has 2 heterocycles. The second kappa shape index (κ2) is 3.87. The Morgan fingerprint density at radius 3 is 2.50 bits per heavy atom. The van der Waals surface area contributed by atoms with Crippen molar-refractivity contribution in [2.75, 3.05) is 20.3 Å². The van der Waals surface area contributed by atoms with E-state index >= 15 is 0 Å². The molecular weight excluding hydrogens is 182 g/mol. The van der Waals surface area contributed by atoms with E-state index in [2.05, 4.69) is 11.9 Å². The molecule has 2 aliphatic rings. The first kappa shape index (κ1) is 9.93. The number of hydrogen-bond acceptors (Lipinski definition) is 3. The van der Waals surface area contributed by atoms with Gasteiger partial charge in [-0.2, -0.15) is 0 Å². The molecule has 2 atom stereocenters. The molecule has 0 aromatic rings. The number of ether oxygens (including phenoxy) is 1. The van der Waals surface area contributed by atoms with Crippen LogP contribution >= 0.6 is 0 Å². The van der Waals surface area contributed by atoms with Gasteiger partial charge in [0, 0.05) is 18.5 Å². The molecule has 0 amide bonds. The number of fused-ring (bicyclic) bond motifs is 2. The summed E-state index contributed by atoms with van der Waals surface area (Å²) in [5, 5.41) is 8.75. The summed E-state index contributed by atoms with van der Waals surface area (Å²) in [6, 6.07) is 0.874. The summed E-state index contributed by atoms with van der Waals surface area (Å²) in [5.41, 5.74) is 0. The highest BCUT2D eigenvalue weighted by atomic mass is 16.5. The summed E-state index contributed by atoms with van der Waals surface area (Å²) in [6.07, 6.45) is 2.26. The second-order valence-electron chi connectivity index (χ2n) is 4.45. The van der Waals surface area contributed by atoms with Gasteiger partial charge >= 0.3 is 5.97 Å². The predicted molar refractivity (Wildman–Crippen MR) is 51.1 cm³/mol. The highest BCUT2D eigenvalue weighted by molar-refractivity contribution is 5.67. The van der Waals surface area contributed by atoms with Crippen molar-refractivity contribution in [3.05, 3.63) is 0 Å². The van der Waals surface area contributed by atoms with Crippen LogP contribution in [0.25, 0.3) is 0 Å². The largest absolute Gasteiger partial charge is 0.481 e. The van der Waals surface area contributed by atoms with Crippen LogP contribution in [0.4, 0.5) is 0 Å². The number of carboxylic acid groups (broad SMARTS) is 1. The Morgan fingerprint density at radius 2 is 2.00 bits per heavy atom. The molecule has 4 nitrogen and oxygen atoms in total. The van der Waals surface area contributed by atoms with Crippen molar-refractivity contribution >= 4 is 5.97 Å². The number of carboxylic acids is 1. The lowest BCUT2D eigenvalue weighted by molar-refractivity contribution is -0.140. The Balaban J connectivity index is 1.97.